The molecule has 2 rings (SSSR count). The van der Waals surface area contributed by atoms with Crippen molar-refractivity contribution in [2.24, 2.45) is 0 Å². The molecule has 0 spiro atoms. The zero-order chi connectivity index (χ0) is 20.1. The lowest BCUT2D eigenvalue weighted by atomic mass is 10.1. The molecule has 0 atom stereocenters. The number of nitrogens with one attached hydrogen (secondary N) is 1. The Labute approximate surface area is 153 Å². The summed E-state index contributed by atoms with van der Waals surface area (Å²) in [5, 5.41) is 24.5. The first kappa shape index (κ1) is 19.5. The standard InChI is InChI=1S/C17H15N3O7/c1-3-27-17(22)12-6-11(7-14(8-12)19(23)24)16(21)18-13-5-4-10(2)15(9-13)20(25)26/h4-9H,3H2,1-2H3,(H,18,21). The van der Waals surface area contributed by atoms with E-state index in [0.29, 0.717) is 5.56 Å². The maximum atomic E-state index is 12.4. The molecule has 10 nitrogen and oxygen atoms in total. The number of anilines is 1. The van der Waals surface area contributed by atoms with E-state index in [9.17, 15) is 29.8 Å². The summed E-state index contributed by atoms with van der Waals surface area (Å²) in [6, 6.07) is 7.26. The highest BCUT2D eigenvalue weighted by atomic mass is 16.6. The minimum atomic E-state index is -0.804. The summed E-state index contributed by atoms with van der Waals surface area (Å²) in [7, 11) is 0. The van der Waals surface area contributed by atoms with Crippen LogP contribution < -0.4 is 5.32 Å². The van der Waals surface area contributed by atoms with Gasteiger partial charge in [-0.05, 0) is 26.0 Å². The molecule has 0 unspecified atom stereocenters. The second-order valence-corrected chi connectivity index (χ2v) is 5.46. The number of nitrogens with zero attached hydrogens (tertiary/aromatic N) is 2. The molecule has 1 amide bonds. The zero-order valence-corrected chi connectivity index (χ0v) is 14.4. The van der Waals surface area contributed by atoms with Crippen molar-refractivity contribution < 1.29 is 24.2 Å². The lowest BCUT2D eigenvalue weighted by Gasteiger charge is -2.08. The van der Waals surface area contributed by atoms with Crippen molar-refractivity contribution in [3.8, 4) is 0 Å². The number of non-ortho nitro benzene ring substituents is 1. The normalized spacial score (nSPS) is 10.1. The molecule has 2 aromatic carbocycles. The van der Waals surface area contributed by atoms with E-state index in [0.717, 1.165) is 18.2 Å². The van der Waals surface area contributed by atoms with Crippen molar-refractivity contribution in [1.82, 2.24) is 0 Å². The van der Waals surface area contributed by atoms with Gasteiger partial charge in [0.25, 0.3) is 17.3 Å². The van der Waals surface area contributed by atoms with Gasteiger partial charge in [0.05, 0.1) is 22.0 Å². The summed E-state index contributed by atoms with van der Waals surface area (Å²) < 4.78 is 4.80. The molecule has 0 saturated carbocycles. The van der Waals surface area contributed by atoms with Crippen molar-refractivity contribution >= 4 is 28.9 Å². The summed E-state index contributed by atoms with van der Waals surface area (Å²) in [6.07, 6.45) is 0. The number of esters is 1. The van der Waals surface area contributed by atoms with Gasteiger partial charge < -0.3 is 10.1 Å². The number of hydrogen-bond donors (Lipinski definition) is 1. The predicted octanol–water partition coefficient (Wildman–Crippen LogP) is 3.24. The topological polar surface area (TPSA) is 142 Å². The quantitative estimate of drug-likeness (QED) is 0.465. The fourth-order valence-electron chi connectivity index (χ4n) is 2.27. The molecule has 0 bridgehead atoms. The highest BCUT2D eigenvalue weighted by Gasteiger charge is 2.19. The molecular weight excluding hydrogens is 358 g/mol. The number of ether oxygens (including phenoxy) is 1. The van der Waals surface area contributed by atoms with Crippen LogP contribution in [0.4, 0.5) is 17.1 Å². The molecule has 0 aromatic heterocycles. The molecule has 0 aliphatic heterocycles. The third-order valence-electron chi connectivity index (χ3n) is 3.57. The number of nitro groups is 2. The van der Waals surface area contributed by atoms with Crippen LogP contribution in [0.3, 0.4) is 0 Å². The second kappa shape index (κ2) is 8.04. The van der Waals surface area contributed by atoms with Gasteiger partial charge in [0.1, 0.15) is 0 Å². The number of hydrogen-bond acceptors (Lipinski definition) is 7. The van der Waals surface area contributed by atoms with Crippen LogP contribution in [0.2, 0.25) is 0 Å². The average Bonchev–Trinajstić information content (AvgIpc) is 2.62. The Morgan fingerprint density at radius 1 is 1.04 bits per heavy atom. The van der Waals surface area contributed by atoms with Crippen molar-refractivity contribution in [1.29, 1.82) is 0 Å². The fourth-order valence-corrected chi connectivity index (χ4v) is 2.27. The Balaban J connectivity index is 2.38. The summed E-state index contributed by atoms with van der Waals surface area (Å²) in [6.45, 7) is 3.19. The van der Waals surface area contributed by atoms with Gasteiger partial charge in [0.2, 0.25) is 0 Å². The van der Waals surface area contributed by atoms with Gasteiger partial charge >= 0.3 is 5.97 Å². The fraction of sp³-hybridized carbons (Fsp3) is 0.176. The van der Waals surface area contributed by atoms with Crippen LogP contribution in [-0.2, 0) is 4.74 Å². The van der Waals surface area contributed by atoms with E-state index >= 15 is 0 Å². The molecule has 0 fully saturated rings. The molecule has 140 valence electrons. The molecule has 0 radical (unpaired) electrons. The van der Waals surface area contributed by atoms with Crippen LogP contribution in [-0.4, -0.2) is 28.3 Å². The molecular formula is C17H15N3O7. The highest BCUT2D eigenvalue weighted by Crippen LogP contribution is 2.24. The van der Waals surface area contributed by atoms with Gasteiger partial charge in [0, 0.05) is 35.0 Å². The van der Waals surface area contributed by atoms with Gasteiger partial charge in [-0.25, -0.2) is 4.79 Å². The molecule has 27 heavy (non-hydrogen) atoms. The summed E-state index contributed by atoms with van der Waals surface area (Å²) in [5.41, 5.74) is -0.388. The number of nitro benzene ring substituents is 2. The third kappa shape index (κ3) is 4.63. The van der Waals surface area contributed by atoms with Crippen molar-refractivity contribution in [2.45, 2.75) is 13.8 Å². The third-order valence-corrected chi connectivity index (χ3v) is 3.57. The van der Waals surface area contributed by atoms with Gasteiger partial charge in [0.15, 0.2) is 0 Å². The van der Waals surface area contributed by atoms with Crippen LogP contribution in [0.15, 0.2) is 36.4 Å². The number of carbonyl (C=O) groups is 2. The number of benzene rings is 2. The smallest absolute Gasteiger partial charge is 0.338 e. The molecule has 10 heteroatoms. The predicted molar refractivity (Wildman–Crippen MR) is 94.8 cm³/mol. The van der Waals surface area contributed by atoms with Crippen LogP contribution in [0, 0.1) is 27.2 Å². The maximum absolute atomic E-state index is 12.4. The Morgan fingerprint density at radius 2 is 1.70 bits per heavy atom. The minimum absolute atomic E-state index is 0.0656. The van der Waals surface area contributed by atoms with E-state index in [4.69, 9.17) is 4.74 Å². The van der Waals surface area contributed by atoms with Crippen molar-refractivity contribution in [2.75, 3.05) is 11.9 Å². The second-order valence-electron chi connectivity index (χ2n) is 5.46. The Kier molecular flexibility index (Phi) is 5.81. The van der Waals surface area contributed by atoms with Crippen LogP contribution >= 0.6 is 0 Å². The number of carbonyl (C=O) groups excluding carboxylic acids is 2. The molecule has 0 saturated heterocycles. The van der Waals surface area contributed by atoms with Gasteiger partial charge in [-0.1, -0.05) is 6.07 Å². The van der Waals surface area contributed by atoms with E-state index in [1.165, 1.54) is 18.2 Å². The van der Waals surface area contributed by atoms with Crippen molar-refractivity contribution in [3.63, 3.8) is 0 Å². The van der Waals surface area contributed by atoms with Gasteiger partial charge in [-0.15, -0.1) is 0 Å². The molecule has 2 aromatic rings. The summed E-state index contributed by atoms with van der Waals surface area (Å²) in [4.78, 5) is 45.0. The number of amides is 1. The van der Waals surface area contributed by atoms with Crippen molar-refractivity contribution in [3.05, 3.63) is 73.3 Å². The molecule has 0 aliphatic carbocycles. The van der Waals surface area contributed by atoms with Crippen LogP contribution in [0.1, 0.15) is 33.2 Å². The Bertz CT molecular complexity index is 940. The van der Waals surface area contributed by atoms with E-state index in [1.54, 1.807) is 13.8 Å². The van der Waals surface area contributed by atoms with Gasteiger partial charge in [-0.2, -0.15) is 0 Å². The minimum Gasteiger partial charge on any atom is -0.462 e. The van der Waals surface area contributed by atoms with E-state index in [1.807, 2.05) is 0 Å². The van der Waals surface area contributed by atoms with E-state index in [-0.39, 0.29) is 29.1 Å². The first-order valence-electron chi connectivity index (χ1n) is 7.76. The zero-order valence-electron chi connectivity index (χ0n) is 14.4. The largest absolute Gasteiger partial charge is 0.462 e. The summed E-state index contributed by atoms with van der Waals surface area (Å²) >= 11 is 0. The molecule has 1 N–H and O–H groups in total. The van der Waals surface area contributed by atoms with Crippen LogP contribution in [0.25, 0.3) is 0 Å². The molecule has 0 aliphatic rings. The SMILES string of the molecule is CCOC(=O)c1cc(C(=O)Nc2ccc(C)c([N+](=O)[O-])c2)cc([N+](=O)[O-])c1. The Morgan fingerprint density at radius 3 is 2.30 bits per heavy atom. The summed E-state index contributed by atoms with van der Waals surface area (Å²) in [5.74, 6) is -1.57. The van der Waals surface area contributed by atoms with Crippen LogP contribution in [0.5, 0.6) is 0 Å². The maximum Gasteiger partial charge on any atom is 0.338 e. The van der Waals surface area contributed by atoms with E-state index < -0.39 is 27.4 Å². The lowest BCUT2D eigenvalue weighted by molar-refractivity contribution is -0.385. The number of aryl methyl sites for hydroxylation is 1. The first-order chi connectivity index (χ1) is 12.7. The molecule has 0 heterocycles. The first-order valence-corrected chi connectivity index (χ1v) is 7.76. The monoisotopic (exact) mass is 373 g/mol. The Hall–Kier alpha value is -3.82. The highest BCUT2D eigenvalue weighted by molar-refractivity contribution is 6.06. The average molecular weight is 373 g/mol. The van der Waals surface area contributed by atoms with E-state index in [2.05, 4.69) is 5.32 Å². The number of rotatable bonds is 6. The van der Waals surface area contributed by atoms with Gasteiger partial charge in [-0.3, -0.25) is 25.0 Å². The lowest BCUT2D eigenvalue weighted by Crippen LogP contribution is -2.14.